The van der Waals surface area contributed by atoms with Crippen molar-refractivity contribution in [2.75, 3.05) is 38.0 Å². The molecule has 0 atom stereocenters. The van der Waals surface area contributed by atoms with Gasteiger partial charge in [0, 0.05) is 24.3 Å². The number of morpholine rings is 1. The number of nitrogens with zero attached hydrogens (tertiary/aromatic N) is 2. The van der Waals surface area contributed by atoms with Gasteiger partial charge >= 0.3 is 5.97 Å². The van der Waals surface area contributed by atoms with Crippen molar-refractivity contribution >= 4 is 23.6 Å². The Morgan fingerprint density at radius 1 is 0.964 bits per heavy atom. The molecule has 0 spiro atoms. The van der Waals surface area contributed by atoms with Gasteiger partial charge in [-0.3, -0.25) is 0 Å². The van der Waals surface area contributed by atoms with E-state index in [0.29, 0.717) is 17.1 Å². The number of benzene rings is 2. The summed E-state index contributed by atoms with van der Waals surface area (Å²) < 4.78 is 21.4. The standard InChI is InChI=1S/C21H18N2O5/c24-21-17(11-14-1-4-16(5-2-14)23-7-9-25-10-8-23)22-20(28-21)15-3-6-18-19(12-15)27-13-26-18/h1-6,11-12H,7-10,13H2/b17-11-. The van der Waals surface area contributed by atoms with Crippen LogP contribution in [0.2, 0.25) is 0 Å². The summed E-state index contributed by atoms with van der Waals surface area (Å²) in [5.41, 5.74) is 2.97. The first-order chi connectivity index (χ1) is 13.8. The van der Waals surface area contributed by atoms with E-state index in [2.05, 4.69) is 9.89 Å². The molecule has 0 aliphatic carbocycles. The Balaban J connectivity index is 1.36. The molecule has 0 bridgehead atoms. The number of aliphatic imine (C=N–C) groups is 1. The lowest BCUT2D eigenvalue weighted by molar-refractivity contribution is -0.129. The van der Waals surface area contributed by atoms with E-state index in [-0.39, 0.29) is 18.4 Å². The van der Waals surface area contributed by atoms with Crippen molar-refractivity contribution in [2.45, 2.75) is 0 Å². The average molecular weight is 378 g/mol. The maximum Gasteiger partial charge on any atom is 0.363 e. The fraction of sp³-hybridized carbons (Fsp3) is 0.238. The Kier molecular flexibility index (Phi) is 4.21. The Morgan fingerprint density at radius 3 is 2.57 bits per heavy atom. The lowest BCUT2D eigenvalue weighted by Gasteiger charge is -2.28. The Labute approximate surface area is 161 Å². The number of hydrogen-bond acceptors (Lipinski definition) is 7. The molecule has 2 aromatic carbocycles. The number of cyclic esters (lactones) is 1. The molecule has 2 aromatic rings. The Morgan fingerprint density at radius 2 is 1.75 bits per heavy atom. The summed E-state index contributed by atoms with van der Waals surface area (Å²) in [6, 6.07) is 13.4. The molecule has 3 heterocycles. The first kappa shape index (κ1) is 16.8. The highest BCUT2D eigenvalue weighted by Gasteiger charge is 2.26. The van der Waals surface area contributed by atoms with Crippen LogP contribution in [-0.4, -0.2) is 45.0 Å². The van der Waals surface area contributed by atoms with Crippen LogP contribution in [0.5, 0.6) is 11.5 Å². The van der Waals surface area contributed by atoms with Crippen LogP contribution >= 0.6 is 0 Å². The van der Waals surface area contributed by atoms with Gasteiger partial charge in [0.25, 0.3) is 0 Å². The molecule has 3 aliphatic rings. The summed E-state index contributed by atoms with van der Waals surface area (Å²) in [5.74, 6) is 1.08. The summed E-state index contributed by atoms with van der Waals surface area (Å²) in [4.78, 5) is 18.9. The van der Waals surface area contributed by atoms with E-state index in [1.54, 1.807) is 24.3 Å². The zero-order chi connectivity index (χ0) is 18.9. The fourth-order valence-electron chi connectivity index (χ4n) is 3.32. The summed E-state index contributed by atoms with van der Waals surface area (Å²) in [6.45, 7) is 3.45. The third kappa shape index (κ3) is 3.20. The third-order valence-corrected chi connectivity index (χ3v) is 4.81. The molecule has 0 unspecified atom stereocenters. The van der Waals surface area contributed by atoms with Crippen LogP contribution in [0.15, 0.2) is 53.2 Å². The van der Waals surface area contributed by atoms with Gasteiger partial charge in [0.05, 0.1) is 13.2 Å². The fourth-order valence-corrected chi connectivity index (χ4v) is 3.32. The van der Waals surface area contributed by atoms with Crippen LogP contribution in [0.3, 0.4) is 0 Å². The van der Waals surface area contributed by atoms with Crippen LogP contribution in [0.4, 0.5) is 5.69 Å². The molecule has 0 aromatic heterocycles. The summed E-state index contributed by atoms with van der Waals surface area (Å²) in [7, 11) is 0. The molecule has 142 valence electrons. The quantitative estimate of drug-likeness (QED) is 0.604. The third-order valence-electron chi connectivity index (χ3n) is 4.81. The molecule has 1 fully saturated rings. The number of anilines is 1. The lowest BCUT2D eigenvalue weighted by Crippen LogP contribution is -2.36. The van der Waals surface area contributed by atoms with E-state index >= 15 is 0 Å². The monoisotopic (exact) mass is 378 g/mol. The number of rotatable bonds is 3. The number of esters is 1. The van der Waals surface area contributed by atoms with Crippen LogP contribution in [0, 0.1) is 0 Å². The summed E-state index contributed by atoms with van der Waals surface area (Å²) in [6.07, 6.45) is 1.73. The number of carbonyl (C=O) groups excluding carboxylic acids is 1. The largest absolute Gasteiger partial charge is 0.454 e. The molecule has 7 heteroatoms. The minimum absolute atomic E-state index is 0.191. The maximum atomic E-state index is 12.2. The molecule has 28 heavy (non-hydrogen) atoms. The van der Waals surface area contributed by atoms with E-state index in [4.69, 9.17) is 18.9 Å². The second-order valence-electron chi connectivity index (χ2n) is 6.60. The van der Waals surface area contributed by atoms with Gasteiger partial charge in [-0.1, -0.05) is 12.1 Å². The van der Waals surface area contributed by atoms with Gasteiger partial charge in [0.15, 0.2) is 17.2 Å². The topological polar surface area (TPSA) is 69.6 Å². The van der Waals surface area contributed by atoms with Gasteiger partial charge in [-0.25, -0.2) is 9.79 Å². The number of ether oxygens (including phenoxy) is 4. The van der Waals surface area contributed by atoms with Gasteiger partial charge in [0.2, 0.25) is 12.7 Å². The van der Waals surface area contributed by atoms with E-state index < -0.39 is 5.97 Å². The number of carbonyl (C=O) groups is 1. The highest BCUT2D eigenvalue weighted by molar-refractivity contribution is 6.13. The maximum absolute atomic E-state index is 12.2. The van der Waals surface area contributed by atoms with E-state index in [0.717, 1.165) is 37.6 Å². The average Bonchev–Trinajstić information content (AvgIpc) is 3.35. The number of hydrogen-bond donors (Lipinski definition) is 0. The molecule has 5 rings (SSSR count). The molecule has 1 saturated heterocycles. The predicted molar refractivity (Wildman–Crippen MR) is 103 cm³/mol. The predicted octanol–water partition coefficient (Wildman–Crippen LogP) is 2.60. The van der Waals surface area contributed by atoms with Crippen LogP contribution in [0.1, 0.15) is 11.1 Å². The summed E-state index contributed by atoms with van der Waals surface area (Å²) >= 11 is 0. The minimum atomic E-state index is -0.468. The molecular weight excluding hydrogens is 360 g/mol. The van der Waals surface area contributed by atoms with Gasteiger partial charge in [0.1, 0.15) is 0 Å². The van der Waals surface area contributed by atoms with E-state index in [1.165, 1.54) is 0 Å². The van der Waals surface area contributed by atoms with E-state index in [1.807, 2.05) is 24.3 Å². The van der Waals surface area contributed by atoms with Gasteiger partial charge in [-0.2, -0.15) is 0 Å². The van der Waals surface area contributed by atoms with Crippen LogP contribution in [-0.2, 0) is 14.3 Å². The first-order valence-electron chi connectivity index (χ1n) is 9.12. The zero-order valence-corrected chi connectivity index (χ0v) is 15.1. The summed E-state index contributed by atoms with van der Waals surface area (Å²) in [5, 5.41) is 0. The normalized spacial score (nSPS) is 19.7. The minimum Gasteiger partial charge on any atom is -0.454 e. The SMILES string of the molecule is O=C1OC(c2ccc3c(c2)OCO3)=N/C1=C\c1ccc(N2CCOCC2)cc1. The van der Waals surface area contributed by atoms with Crippen molar-refractivity contribution in [3.05, 3.63) is 59.3 Å². The Bertz CT molecular complexity index is 975. The van der Waals surface area contributed by atoms with Gasteiger partial charge in [-0.05, 0) is 42.0 Å². The van der Waals surface area contributed by atoms with E-state index in [9.17, 15) is 4.79 Å². The smallest absolute Gasteiger partial charge is 0.363 e. The van der Waals surface area contributed by atoms with Crippen LogP contribution in [0.25, 0.3) is 6.08 Å². The highest BCUT2D eigenvalue weighted by atomic mass is 16.7. The molecule has 0 amide bonds. The molecule has 0 saturated carbocycles. The molecular formula is C21H18N2O5. The van der Waals surface area contributed by atoms with Gasteiger partial charge in [-0.15, -0.1) is 0 Å². The van der Waals surface area contributed by atoms with Crippen molar-refractivity contribution in [1.82, 2.24) is 0 Å². The number of fused-ring (bicyclic) bond motifs is 1. The Hall–Kier alpha value is -3.32. The lowest BCUT2D eigenvalue weighted by atomic mass is 10.1. The zero-order valence-electron chi connectivity index (χ0n) is 15.1. The second kappa shape index (κ2) is 7.01. The van der Waals surface area contributed by atoms with Crippen molar-refractivity contribution in [1.29, 1.82) is 0 Å². The van der Waals surface area contributed by atoms with Crippen molar-refractivity contribution < 1.29 is 23.7 Å². The van der Waals surface area contributed by atoms with Gasteiger partial charge < -0.3 is 23.8 Å². The van der Waals surface area contributed by atoms with Crippen molar-refractivity contribution in [3.63, 3.8) is 0 Å². The first-order valence-corrected chi connectivity index (χ1v) is 9.12. The molecule has 3 aliphatic heterocycles. The highest BCUT2D eigenvalue weighted by Crippen LogP contribution is 2.33. The molecule has 7 nitrogen and oxygen atoms in total. The van der Waals surface area contributed by atoms with Crippen molar-refractivity contribution in [2.24, 2.45) is 4.99 Å². The second-order valence-corrected chi connectivity index (χ2v) is 6.60. The molecule has 0 N–H and O–H groups in total. The molecule has 0 radical (unpaired) electrons. The van der Waals surface area contributed by atoms with Crippen LogP contribution < -0.4 is 14.4 Å². The van der Waals surface area contributed by atoms with Crippen molar-refractivity contribution in [3.8, 4) is 11.5 Å².